The van der Waals surface area contributed by atoms with Crippen molar-refractivity contribution in [3.05, 3.63) is 67.7 Å². The van der Waals surface area contributed by atoms with Crippen LogP contribution in [0.25, 0.3) is 0 Å². The van der Waals surface area contributed by atoms with Crippen LogP contribution in [0.2, 0.25) is 10.0 Å². The van der Waals surface area contributed by atoms with Crippen LogP contribution in [0.5, 0.6) is 0 Å². The molecule has 0 spiro atoms. The molecule has 0 unspecified atom stereocenters. The molecule has 0 atom stereocenters. The van der Waals surface area contributed by atoms with Gasteiger partial charge < -0.3 is 0 Å². The van der Waals surface area contributed by atoms with Crippen molar-refractivity contribution >= 4 is 67.0 Å². The Morgan fingerprint density at radius 1 is 1.20 bits per heavy atom. The molecule has 2 N–H and O–H groups in total. The number of halogens is 2. The number of benzene rings is 2. The second-order valence-corrected chi connectivity index (χ2v) is 9.44. The number of aromatic nitrogens is 2. The highest BCUT2D eigenvalue weighted by molar-refractivity contribution is 7.94. The van der Waals surface area contributed by atoms with E-state index in [2.05, 4.69) is 20.2 Å². The van der Waals surface area contributed by atoms with Gasteiger partial charge in [0.25, 0.3) is 26.0 Å². The van der Waals surface area contributed by atoms with Crippen LogP contribution in [0, 0.1) is 17.0 Å². The van der Waals surface area contributed by atoms with Gasteiger partial charge in [-0.15, -0.1) is 10.2 Å². The van der Waals surface area contributed by atoms with Gasteiger partial charge in [0.15, 0.2) is 0 Å². The number of carbonyl (C=O) groups is 1. The van der Waals surface area contributed by atoms with Gasteiger partial charge in [-0.2, -0.15) is 8.42 Å². The highest BCUT2D eigenvalue weighted by Gasteiger charge is 2.24. The summed E-state index contributed by atoms with van der Waals surface area (Å²) >= 11 is 12.4. The third-order valence-corrected chi connectivity index (χ3v) is 6.90. The molecule has 10 nitrogen and oxygen atoms in total. The van der Waals surface area contributed by atoms with Crippen molar-refractivity contribution < 1.29 is 18.1 Å². The SMILES string of the molecule is Cc1c(NS(=O)(=O)c2nnc(NC(=O)c3ccc(Cl)cc3Cl)s2)cccc1[N+](=O)[O-]. The summed E-state index contributed by atoms with van der Waals surface area (Å²) in [6.45, 7) is 1.41. The van der Waals surface area contributed by atoms with Gasteiger partial charge in [0.05, 0.1) is 26.8 Å². The van der Waals surface area contributed by atoms with E-state index in [0.29, 0.717) is 16.4 Å². The fourth-order valence-electron chi connectivity index (χ4n) is 2.33. The Labute approximate surface area is 184 Å². The summed E-state index contributed by atoms with van der Waals surface area (Å²) in [4.78, 5) is 22.7. The Morgan fingerprint density at radius 3 is 2.60 bits per heavy atom. The van der Waals surface area contributed by atoms with Gasteiger partial charge in [-0.05, 0) is 31.2 Å². The van der Waals surface area contributed by atoms with E-state index in [1.165, 1.54) is 43.3 Å². The molecule has 0 bridgehead atoms. The largest absolute Gasteiger partial charge is 0.296 e. The minimum Gasteiger partial charge on any atom is -0.296 e. The maximum atomic E-state index is 12.6. The average Bonchev–Trinajstić information content (AvgIpc) is 3.12. The van der Waals surface area contributed by atoms with Crippen LogP contribution in [-0.4, -0.2) is 29.4 Å². The Hall–Kier alpha value is -2.80. The maximum absolute atomic E-state index is 12.6. The molecule has 0 aliphatic heterocycles. The standard InChI is InChI=1S/C16H11Cl2N5O5S2/c1-8-12(3-2-4-13(8)23(25)26)22-30(27,28)16-21-20-15(29-16)19-14(24)10-6-5-9(17)7-11(10)18/h2-7,22H,1H3,(H,19,20,24). The third kappa shape index (κ3) is 4.67. The predicted molar refractivity (Wildman–Crippen MR) is 113 cm³/mol. The summed E-state index contributed by atoms with van der Waals surface area (Å²) < 4.78 is 26.9. The predicted octanol–water partition coefficient (Wildman–Crippen LogP) is 4.11. The number of nitro groups is 1. The van der Waals surface area contributed by atoms with Crippen molar-refractivity contribution in [1.29, 1.82) is 0 Å². The van der Waals surface area contributed by atoms with Gasteiger partial charge in [0.1, 0.15) is 0 Å². The third-order valence-electron chi connectivity index (χ3n) is 3.78. The van der Waals surface area contributed by atoms with E-state index in [0.717, 1.165) is 0 Å². The number of amides is 1. The summed E-state index contributed by atoms with van der Waals surface area (Å²) in [5.74, 6) is -0.626. The molecule has 1 aromatic heterocycles. The lowest BCUT2D eigenvalue weighted by molar-refractivity contribution is -0.385. The zero-order chi connectivity index (χ0) is 22.1. The van der Waals surface area contributed by atoms with Gasteiger partial charge in [0.2, 0.25) is 5.13 Å². The van der Waals surface area contributed by atoms with Crippen LogP contribution in [-0.2, 0) is 10.0 Å². The van der Waals surface area contributed by atoms with E-state index in [-0.39, 0.29) is 32.7 Å². The average molecular weight is 488 g/mol. The van der Waals surface area contributed by atoms with E-state index in [4.69, 9.17) is 23.2 Å². The molecule has 30 heavy (non-hydrogen) atoms. The number of nitro benzene ring substituents is 1. The van der Waals surface area contributed by atoms with Crippen molar-refractivity contribution in [2.75, 3.05) is 10.0 Å². The molecule has 0 saturated heterocycles. The molecule has 2 aromatic carbocycles. The molecule has 0 saturated carbocycles. The van der Waals surface area contributed by atoms with Gasteiger partial charge >= 0.3 is 0 Å². The molecule has 3 aromatic rings. The zero-order valence-corrected chi connectivity index (χ0v) is 18.1. The molecule has 0 aliphatic carbocycles. The lowest BCUT2D eigenvalue weighted by Gasteiger charge is -2.08. The number of carbonyl (C=O) groups excluding carboxylic acids is 1. The second kappa shape index (κ2) is 8.52. The summed E-state index contributed by atoms with van der Waals surface area (Å²) in [7, 11) is -4.19. The summed E-state index contributed by atoms with van der Waals surface area (Å²) in [6, 6.07) is 8.26. The Morgan fingerprint density at radius 2 is 1.93 bits per heavy atom. The minimum atomic E-state index is -4.19. The first-order valence-electron chi connectivity index (χ1n) is 7.95. The maximum Gasteiger partial charge on any atom is 0.291 e. The van der Waals surface area contributed by atoms with E-state index < -0.39 is 25.2 Å². The Balaban J connectivity index is 1.80. The number of hydrogen-bond acceptors (Lipinski definition) is 8. The van der Waals surface area contributed by atoms with E-state index in [1.807, 2.05) is 0 Å². The smallest absolute Gasteiger partial charge is 0.291 e. The van der Waals surface area contributed by atoms with Crippen LogP contribution in [0.4, 0.5) is 16.5 Å². The van der Waals surface area contributed by atoms with E-state index in [1.54, 1.807) is 0 Å². The molecule has 0 radical (unpaired) electrons. The van der Waals surface area contributed by atoms with Gasteiger partial charge in [-0.3, -0.25) is 24.9 Å². The molecule has 156 valence electrons. The number of hydrogen-bond donors (Lipinski definition) is 2. The highest BCUT2D eigenvalue weighted by atomic mass is 35.5. The quantitative estimate of drug-likeness (QED) is 0.302. The monoisotopic (exact) mass is 487 g/mol. The van der Waals surface area contributed by atoms with E-state index in [9.17, 15) is 23.3 Å². The van der Waals surface area contributed by atoms with Crippen LogP contribution in [0.3, 0.4) is 0 Å². The molecule has 0 aliphatic rings. The first-order valence-corrected chi connectivity index (χ1v) is 11.0. The molecular formula is C16H11Cl2N5O5S2. The first kappa shape index (κ1) is 21.9. The Kier molecular flexibility index (Phi) is 6.22. The van der Waals surface area contributed by atoms with E-state index >= 15 is 0 Å². The second-order valence-electron chi connectivity index (χ2n) is 5.76. The highest BCUT2D eigenvalue weighted by Crippen LogP contribution is 2.29. The van der Waals surface area contributed by atoms with Crippen molar-refractivity contribution in [2.45, 2.75) is 11.3 Å². The molecule has 14 heteroatoms. The molecule has 0 fully saturated rings. The van der Waals surface area contributed by atoms with Gasteiger partial charge in [-0.1, -0.05) is 40.6 Å². The van der Waals surface area contributed by atoms with Crippen molar-refractivity contribution in [3.8, 4) is 0 Å². The van der Waals surface area contributed by atoms with Crippen LogP contribution in [0.15, 0.2) is 40.7 Å². The van der Waals surface area contributed by atoms with Crippen LogP contribution >= 0.6 is 34.5 Å². The van der Waals surface area contributed by atoms with Crippen molar-refractivity contribution in [2.24, 2.45) is 0 Å². The molecule has 1 amide bonds. The van der Waals surface area contributed by atoms with Crippen molar-refractivity contribution in [3.63, 3.8) is 0 Å². The number of anilines is 2. The van der Waals surface area contributed by atoms with Crippen LogP contribution in [0.1, 0.15) is 15.9 Å². The minimum absolute atomic E-state index is 0.0259. The normalized spacial score (nSPS) is 11.2. The van der Waals surface area contributed by atoms with Gasteiger partial charge in [0, 0.05) is 11.1 Å². The Bertz CT molecular complexity index is 1260. The number of rotatable bonds is 6. The first-order chi connectivity index (χ1) is 14.1. The lowest BCUT2D eigenvalue weighted by Crippen LogP contribution is -2.14. The topological polar surface area (TPSA) is 144 Å². The lowest BCUT2D eigenvalue weighted by atomic mass is 10.2. The molecule has 1 heterocycles. The number of nitrogens with one attached hydrogen (secondary N) is 2. The summed E-state index contributed by atoms with van der Waals surface area (Å²) in [5, 5.41) is 21.0. The fourth-order valence-corrected chi connectivity index (χ4v) is 4.84. The number of sulfonamides is 1. The summed E-state index contributed by atoms with van der Waals surface area (Å²) in [6.07, 6.45) is 0. The van der Waals surface area contributed by atoms with Gasteiger partial charge in [-0.25, -0.2) is 0 Å². The summed E-state index contributed by atoms with van der Waals surface area (Å²) in [5.41, 5.74) is 0.0470. The number of nitrogens with zero attached hydrogens (tertiary/aromatic N) is 3. The molecular weight excluding hydrogens is 477 g/mol. The molecule has 3 rings (SSSR count). The van der Waals surface area contributed by atoms with Crippen LogP contribution < -0.4 is 10.0 Å². The zero-order valence-electron chi connectivity index (χ0n) is 14.9. The van der Waals surface area contributed by atoms with Crippen molar-refractivity contribution in [1.82, 2.24) is 10.2 Å². The fraction of sp³-hybridized carbons (Fsp3) is 0.0625.